The third kappa shape index (κ3) is 4.52. The van der Waals surface area contributed by atoms with Crippen molar-refractivity contribution in [2.24, 2.45) is 0 Å². The molecule has 0 spiro atoms. The van der Waals surface area contributed by atoms with Gasteiger partial charge in [0.25, 0.3) is 0 Å². The lowest BCUT2D eigenvalue weighted by Gasteiger charge is -2.10. The summed E-state index contributed by atoms with van der Waals surface area (Å²) < 4.78 is 1.87. The third-order valence-electron chi connectivity index (χ3n) is 4.37. The van der Waals surface area contributed by atoms with Crippen LogP contribution in [0.2, 0.25) is 5.02 Å². The SMILES string of the molecule is Cc1ccc(-n2cnnc2SCc2nc(N)nc(Nc3ccccc3C)n2)cc1Cl. The average Bonchev–Trinajstić information content (AvgIpc) is 3.18. The summed E-state index contributed by atoms with van der Waals surface area (Å²) in [7, 11) is 0. The van der Waals surface area contributed by atoms with Gasteiger partial charge in [0.1, 0.15) is 12.2 Å². The van der Waals surface area contributed by atoms with Crippen molar-refractivity contribution in [3.63, 3.8) is 0 Å². The highest BCUT2D eigenvalue weighted by molar-refractivity contribution is 7.98. The van der Waals surface area contributed by atoms with Gasteiger partial charge in [0, 0.05) is 10.7 Å². The molecule has 0 amide bonds. The highest BCUT2D eigenvalue weighted by Crippen LogP contribution is 2.26. The van der Waals surface area contributed by atoms with Crippen LogP contribution in [0.1, 0.15) is 17.0 Å². The number of rotatable bonds is 6. The van der Waals surface area contributed by atoms with E-state index >= 15 is 0 Å². The summed E-state index contributed by atoms with van der Waals surface area (Å²) in [6.07, 6.45) is 1.65. The molecule has 2 heterocycles. The number of aryl methyl sites for hydroxylation is 2. The topological polar surface area (TPSA) is 107 Å². The summed E-state index contributed by atoms with van der Waals surface area (Å²) in [4.78, 5) is 12.9. The molecule has 0 saturated heterocycles. The first-order valence-corrected chi connectivity index (χ1v) is 10.5. The smallest absolute Gasteiger partial charge is 0.232 e. The van der Waals surface area contributed by atoms with E-state index in [2.05, 4.69) is 30.5 Å². The average molecular weight is 439 g/mol. The van der Waals surface area contributed by atoms with E-state index in [4.69, 9.17) is 17.3 Å². The second-order valence-corrected chi connectivity index (χ2v) is 7.93. The molecule has 4 rings (SSSR count). The number of nitrogens with zero attached hydrogens (tertiary/aromatic N) is 6. The second kappa shape index (κ2) is 8.68. The lowest BCUT2D eigenvalue weighted by Crippen LogP contribution is -2.07. The van der Waals surface area contributed by atoms with Gasteiger partial charge in [0.15, 0.2) is 5.16 Å². The maximum atomic E-state index is 6.26. The zero-order chi connectivity index (χ0) is 21.1. The normalized spacial score (nSPS) is 10.9. The predicted octanol–water partition coefficient (Wildman–Crippen LogP) is 4.34. The van der Waals surface area contributed by atoms with Crippen molar-refractivity contribution in [3.8, 4) is 5.69 Å². The molecule has 10 heteroatoms. The van der Waals surface area contributed by atoms with Gasteiger partial charge in [0.2, 0.25) is 11.9 Å². The number of benzene rings is 2. The molecule has 0 aliphatic rings. The fraction of sp³-hybridized carbons (Fsp3) is 0.150. The molecule has 3 N–H and O–H groups in total. The number of thioether (sulfide) groups is 1. The van der Waals surface area contributed by atoms with Crippen molar-refractivity contribution in [1.29, 1.82) is 0 Å². The lowest BCUT2D eigenvalue weighted by molar-refractivity contribution is 0.879. The van der Waals surface area contributed by atoms with Crippen molar-refractivity contribution >= 4 is 40.9 Å². The van der Waals surface area contributed by atoms with E-state index in [-0.39, 0.29) is 5.95 Å². The molecule has 152 valence electrons. The Morgan fingerprint density at radius 3 is 2.70 bits per heavy atom. The van der Waals surface area contributed by atoms with Crippen LogP contribution in [-0.4, -0.2) is 29.7 Å². The Hall–Kier alpha value is -3.17. The monoisotopic (exact) mass is 438 g/mol. The Morgan fingerprint density at radius 2 is 1.90 bits per heavy atom. The Morgan fingerprint density at radius 1 is 1.07 bits per heavy atom. The number of hydrogen-bond donors (Lipinski definition) is 2. The maximum Gasteiger partial charge on any atom is 0.232 e. The second-order valence-electron chi connectivity index (χ2n) is 6.58. The summed E-state index contributed by atoms with van der Waals surface area (Å²) in [5, 5.41) is 12.8. The first-order valence-electron chi connectivity index (χ1n) is 9.12. The highest BCUT2D eigenvalue weighted by atomic mass is 35.5. The molecule has 4 aromatic rings. The molecule has 0 aliphatic heterocycles. The zero-order valence-electron chi connectivity index (χ0n) is 16.4. The summed E-state index contributed by atoms with van der Waals surface area (Å²) in [5.74, 6) is 1.55. The van der Waals surface area contributed by atoms with Gasteiger partial charge in [0.05, 0.1) is 11.4 Å². The van der Waals surface area contributed by atoms with E-state index in [1.54, 1.807) is 6.33 Å². The number of anilines is 3. The van der Waals surface area contributed by atoms with Crippen molar-refractivity contribution in [1.82, 2.24) is 29.7 Å². The van der Waals surface area contributed by atoms with Crippen molar-refractivity contribution in [3.05, 3.63) is 70.8 Å². The summed E-state index contributed by atoms with van der Waals surface area (Å²) >= 11 is 7.71. The minimum atomic E-state index is 0.156. The number of halogens is 1. The predicted molar refractivity (Wildman–Crippen MR) is 119 cm³/mol. The van der Waals surface area contributed by atoms with Gasteiger partial charge in [-0.25, -0.2) is 0 Å². The molecule has 2 aromatic carbocycles. The molecule has 30 heavy (non-hydrogen) atoms. The van der Waals surface area contributed by atoms with Crippen LogP contribution in [-0.2, 0) is 5.75 Å². The van der Waals surface area contributed by atoms with Gasteiger partial charge < -0.3 is 11.1 Å². The van der Waals surface area contributed by atoms with Crippen LogP contribution in [0.3, 0.4) is 0 Å². The first-order chi connectivity index (χ1) is 14.5. The van der Waals surface area contributed by atoms with Crippen LogP contribution >= 0.6 is 23.4 Å². The van der Waals surface area contributed by atoms with Gasteiger partial charge in [-0.3, -0.25) is 4.57 Å². The Labute approximate surface area is 182 Å². The summed E-state index contributed by atoms with van der Waals surface area (Å²) in [5.41, 5.74) is 9.78. The molecule has 0 bridgehead atoms. The molecule has 2 aromatic heterocycles. The fourth-order valence-corrected chi connectivity index (χ4v) is 3.71. The fourth-order valence-electron chi connectivity index (χ4n) is 2.75. The third-order valence-corrected chi connectivity index (χ3v) is 5.72. The minimum absolute atomic E-state index is 0.156. The van der Waals surface area contributed by atoms with Crippen molar-refractivity contribution in [2.75, 3.05) is 11.1 Å². The standard InChI is InChI=1S/C20H19ClN8S/c1-12-7-8-14(9-15(12)21)29-11-23-28-20(29)30-10-17-25-18(22)27-19(26-17)24-16-6-4-3-5-13(16)2/h3-9,11H,10H2,1-2H3,(H3,22,24,25,26,27). The van der Waals surface area contributed by atoms with Gasteiger partial charge in [-0.15, -0.1) is 10.2 Å². The number of nitrogen functional groups attached to an aromatic ring is 1. The van der Waals surface area contributed by atoms with Crippen LogP contribution in [0.25, 0.3) is 5.69 Å². The van der Waals surface area contributed by atoms with E-state index in [0.29, 0.717) is 27.7 Å². The molecular formula is C20H19ClN8S. The van der Waals surface area contributed by atoms with E-state index in [9.17, 15) is 0 Å². The summed E-state index contributed by atoms with van der Waals surface area (Å²) in [6, 6.07) is 13.7. The quantitative estimate of drug-likeness (QED) is 0.428. The van der Waals surface area contributed by atoms with Crippen LogP contribution in [0.4, 0.5) is 17.6 Å². The molecule has 0 radical (unpaired) electrons. The Balaban J connectivity index is 1.52. The van der Waals surface area contributed by atoms with Gasteiger partial charge in [-0.05, 0) is 43.2 Å². The number of nitrogens with one attached hydrogen (secondary N) is 1. The van der Waals surface area contributed by atoms with Crippen LogP contribution in [0, 0.1) is 13.8 Å². The van der Waals surface area contributed by atoms with E-state index < -0.39 is 0 Å². The van der Waals surface area contributed by atoms with Gasteiger partial charge in [-0.2, -0.15) is 15.0 Å². The highest BCUT2D eigenvalue weighted by Gasteiger charge is 2.12. The van der Waals surface area contributed by atoms with Gasteiger partial charge >= 0.3 is 0 Å². The van der Waals surface area contributed by atoms with Crippen LogP contribution in [0.15, 0.2) is 53.9 Å². The molecule has 0 aliphatic carbocycles. The van der Waals surface area contributed by atoms with E-state index in [1.807, 2.05) is 60.9 Å². The maximum absolute atomic E-state index is 6.26. The number of hydrogen-bond acceptors (Lipinski definition) is 8. The lowest BCUT2D eigenvalue weighted by atomic mass is 10.2. The van der Waals surface area contributed by atoms with E-state index in [1.165, 1.54) is 11.8 Å². The largest absolute Gasteiger partial charge is 0.368 e. The van der Waals surface area contributed by atoms with Gasteiger partial charge in [-0.1, -0.05) is 47.6 Å². The Kier molecular flexibility index (Phi) is 5.82. The molecular weight excluding hydrogens is 420 g/mol. The zero-order valence-corrected chi connectivity index (χ0v) is 17.9. The molecule has 8 nitrogen and oxygen atoms in total. The number of aromatic nitrogens is 6. The number of nitrogens with two attached hydrogens (primary N) is 1. The summed E-state index contributed by atoms with van der Waals surface area (Å²) in [6.45, 7) is 3.97. The first kappa shape index (κ1) is 20.1. The Bertz CT molecular complexity index is 1190. The van der Waals surface area contributed by atoms with Crippen molar-refractivity contribution in [2.45, 2.75) is 24.8 Å². The van der Waals surface area contributed by atoms with Crippen LogP contribution in [0.5, 0.6) is 0 Å². The minimum Gasteiger partial charge on any atom is -0.368 e. The molecule has 0 atom stereocenters. The van der Waals surface area contributed by atoms with Crippen LogP contribution < -0.4 is 11.1 Å². The number of para-hydroxylation sites is 1. The molecule has 0 fully saturated rings. The van der Waals surface area contributed by atoms with Crippen molar-refractivity contribution < 1.29 is 0 Å². The molecule has 0 unspecified atom stereocenters. The van der Waals surface area contributed by atoms with E-state index in [0.717, 1.165) is 22.5 Å². The molecule has 0 saturated carbocycles.